The molecule has 0 amide bonds. The molecule has 0 radical (unpaired) electrons. The van der Waals surface area contributed by atoms with Gasteiger partial charge in [-0.25, -0.2) is 0 Å². The Morgan fingerprint density at radius 3 is 1.93 bits per heavy atom. The van der Waals surface area contributed by atoms with Gasteiger partial charge in [-0.05, 0) is 82.7 Å². The van der Waals surface area contributed by atoms with Gasteiger partial charge < -0.3 is 9.29 Å². The summed E-state index contributed by atoms with van der Waals surface area (Å²) in [7, 11) is 0. The van der Waals surface area contributed by atoms with E-state index in [0.717, 1.165) is 0 Å². The first kappa shape index (κ1) is 25.5. The normalized spacial score (nSPS) is 15.8. The minimum absolute atomic E-state index is 0.0368. The van der Waals surface area contributed by atoms with Gasteiger partial charge in [0, 0.05) is 27.4 Å². The van der Waals surface area contributed by atoms with Crippen LogP contribution in [0.4, 0.5) is 11.4 Å². The van der Waals surface area contributed by atoms with Gasteiger partial charge >= 0.3 is 6.98 Å². The van der Waals surface area contributed by atoms with Crippen molar-refractivity contribution < 1.29 is 0 Å². The average Bonchev–Trinajstić information content (AvgIpc) is 3.36. The lowest BCUT2D eigenvalue weighted by Crippen LogP contribution is -2.49. The molecule has 5 aromatic rings. The first-order chi connectivity index (χ1) is 18.7. The molecule has 2 nitrogen and oxygen atoms in total. The van der Waals surface area contributed by atoms with E-state index in [4.69, 9.17) is 0 Å². The maximum atomic E-state index is 2.66. The van der Waals surface area contributed by atoms with Crippen molar-refractivity contribution in [2.45, 2.75) is 85.5 Å². The van der Waals surface area contributed by atoms with Crippen molar-refractivity contribution in [3.8, 4) is 0 Å². The van der Waals surface area contributed by atoms with E-state index in [1.807, 2.05) is 0 Å². The number of anilines is 2. The van der Waals surface area contributed by atoms with E-state index in [1.54, 1.807) is 0 Å². The van der Waals surface area contributed by atoms with Gasteiger partial charge in [0.25, 0.3) is 0 Å². The summed E-state index contributed by atoms with van der Waals surface area (Å²) < 4.78 is 2.65. The number of aryl methyl sites for hydroxylation is 2. The number of nitrogens with zero attached hydrogens (tertiary/aromatic N) is 2. The van der Waals surface area contributed by atoms with Gasteiger partial charge in [-0.15, -0.1) is 0 Å². The van der Waals surface area contributed by atoms with Crippen LogP contribution in [0.3, 0.4) is 0 Å². The second-order valence-corrected chi connectivity index (χ2v) is 15.0. The van der Waals surface area contributed by atoms with Crippen LogP contribution >= 0.6 is 0 Å². The Morgan fingerprint density at radius 2 is 1.25 bits per heavy atom. The highest BCUT2D eigenvalue weighted by molar-refractivity contribution is 6.81. The van der Waals surface area contributed by atoms with Crippen LogP contribution in [-0.2, 0) is 16.2 Å². The van der Waals surface area contributed by atoms with Crippen molar-refractivity contribution in [3.05, 3.63) is 100 Å². The number of hydrogen-bond acceptors (Lipinski definition) is 1. The molecular formula is C37H41BN2. The predicted molar refractivity (Wildman–Crippen MR) is 174 cm³/mol. The highest BCUT2D eigenvalue weighted by Crippen LogP contribution is 2.51. The number of hydrogen-bond donors (Lipinski definition) is 0. The molecule has 0 unspecified atom stereocenters. The smallest absolute Gasteiger partial charge is 0.360 e. The second kappa shape index (κ2) is 7.84. The summed E-state index contributed by atoms with van der Waals surface area (Å²) in [6.45, 7) is 23.3. The van der Waals surface area contributed by atoms with Gasteiger partial charge in [-0.1, -0.05) is 103 Å². The fraction of sp³-hybridized carbons (Fsp3) is 0.351. The second-order valence-electron chi connectivity index (χ2n) is 15.0. The standard InChI is InChI=1S/C37H41BN2/c1-22-11-14-30-28(17-22)37(9,10)29-18-23(2)12-15-32(29)39-33-21-25(36(6,7)8)20-27-26-19-24(35(3,4)5)13-16-31(26)40(34(27)33)38(30)39/h11-21H,1-10H3. The highest BCUT2D eigenvalue weighted by Gasteiger charge is 2.47. The number of aromatic nitrogens is 1. The quantitative estimate of drug-likeness (QED) is 0.184. The van der Waals surface area contributed by atoms with Crippen LogP contribution < -0.4 is 10.3 Å². The Morgan fingerprint density at radius 1 is 0.625 bits per heavy atom. The molecule has 0 saturated heterocycles. The molecule has 2 aliphatic rings. The molecule has 0 atom stereocenters. The van der Waals surface area contributed by atoms with E-state index >= 15 is 0 Å². The zero-order valence-electron chi connectivity index (χ0n) is 25.8. The number of fused-ring (bicyclic) bond motifs is 10. The molecule has 2 aliphatic heterocycles. The summed E-state index contributed by atoms with van der Waals surface area (Å²) in [5, 5.41) is 2.74. The molecular weight excluding hydrogens is 483 g/mol. The minimum atomic E-state index is -0.129. The summed E-state index contributed by atoms with van der Waals surface area (Å²) in [5.74, 6) is 0. The van der Waals surface area contributed by atoms with Gasteiger partial charge in [0.1, 0.15) is 0 Å². The van der Waals surface area contributed by atoms with Crippen molar-refractivity contribution in [3.63, 3.8) is 0 Å². The van der Waals surface area contributed by atoms with Crippen LogP contribution in [0, 0.1) is 13.8 Å². The predicted octanol–water partition coefficient (Wildman–Crippen LogP) is 9.04. The molecule has 0 fully saturated rings. The van der Waals surface area contributed by atoms with Crippen LogP contribution in [0.5, 0.6) is 0 Å². The van der Waals surface area contributed by atoms with E-state index in [0.29, 0.717) is 0 Å². The summed E-state index contributed by atoms with van der Waals surface area (Å²) in [5.41, 5.74) is 15.0. The van der Waals surface area contributed by atoms with Crippen LogP contribution in [-0.4, -0.2) is 11.5 Å². The van der Waals surface area contributed by atoms with Crippen LogP contribution in [0.25, 0.3) is 21.8 Å². The molecule has 202 valence electrons. The molecule has 0 aliphatic carbocycles. The lowest BCUT2D eigenvalue weighted by atomic mass is 9.61. The maximum absolute atomic E-state index is 2.66. The Labute approximate surface area is 240 Å². The van der Waals surface area contributed by atoms with E-state index in [9.17, 15) is 0 Å². The molecule has 0 bridgehead atoms. The lowest BCUT2D eigenvalue weighted by Gasteiger charge is -2.31. The Bertz CT molecular complexity index is 1870. The fourth-order valence-electron chi connectivity index (χ4n) is 7.23. The molecule has 0 N–H and O–H groups in total. The number of benzene rings is 4. The van der Waals surface area contributed by atoms with Gasteiger partial charge in [-0.3, -0.25) is 0 Å². The largest absolute Gasteiger partial charge is 0.421 e. The molecule has 0 saturated carbocycles. The van der Waals surface area contributed by atoms with E-state index in [1.165, 1.54) is 72.0 Å². The zero-order valence-corrected chi connectivity index (χ0v) is 25.8. The highest BCUT2D eigenvalue weighted by atomic mass is 15.2. The van der Waals surface area contributed by atoms with Gasteiger partial charge in [-0.2, -0.15) is 0 Å². The molecule has 40 heavy (non-hydrogen) atoms. The Kier molecular flexibility index (Phi) is 5.00. The van der Waals surface area contributed by atoms with Crippen molar-refractivity contribution in [1.82, 2.24) is 4.48 Å². The molecule has 0 spiro atoms. The molecule has 4 aromatic carbocycles. The third-order valence-corrected chi connectivity index (χ3v) is 9.60. The third kappa shape index (κ3) is 3.36. The monoisotopic (exact) mass is 524 g/mol. The van der Waals surface area contributed by atoms with Crippen LogP contribution in [0.2, 0.25) is 0 Å². The van der Waals surface area contributed by atoms with E-state index in [2.05, 4.69) is 145 Å². The van der Waals surface area contributed by atoms with E-state index < -0.39 is 0 Å². The molecule has 1 aromatic heterocycles. The topological polar surface area (TPSA) is 8.17 Å². The summed E-state index contributed by atoms with van der Waals surface area (Å²) in [6, 6.07) is 26.4. The van der Waals surface area contributed by atoms with Gasteiger partial charge in [0.2, 0.25) is 0 Å². The van der Waals surface area contributed by atoms with E-state index in [-0.39, 0.29) is 23.2 Å². The maximum Gasteiger partial charge on any atom is 0.421 e. The Hall–Kier alpha value is -3.46. The van der Waals surface area contributed by atoms with Crippen LogP contribution in [0.15, 0.2) is 66.7 Å². The molecule has 3 heterocycles. The van der Waals surface area contributed by atoms with Crippen molar-refractivity contribution in [2.24, 2.45) is 0 Å². The summed E-state index contributed by atoms with van der Waals surface area (Å²) >= 11 is 0. The lowest BCUT2D eigenvalue weighted by molar-refractivity contribution is 0.590. The third-order valence-electron chi connectivity index (χ3n) is 9.60. The summed E-state index contributed by atoms with van der Waals surface area (Å²) in [6.07, 6.45) is 0. The summed E-state index contributed by atoms with van der Waals surface area (Å²) in [4.78, 5) is 2.66. The van der Waals surface area contributed by atoms with Crippen molar-refractivity contribution >= 4 is 45.6 Å². The van der Waals surface area contributed by atoms with Crippen molar-refractivity contribution in [2.75, 3.05) is 4.81 Å². The van der Waals surface area contributed by atoms with Crippen molar-refractivity contribution in [1.29, 1.82) is 0 Å². The number of rotatable bonds is 0. The molecule has 7 rings (SSSR count). The van der Waals surface area contributed by atoms with Crippen LogP contribution in [0.1, 0.15) is 88.8 Å². The first-order valence-corrected chi connectivity index (χ1v) is 14.8. The fourth-order valence-corrected chi connectivity index (χ4v) is 7.23. The average molecular weight is 525 g/mol. The zero-order chi connectivity index (χ0) is 28.5. The van der Waals surface area contributed by atoms with Gasteiger partial charge in [0.15, 0.2) is 0 Å². The SMILES string of the molecule is Cc1ccc2c(c1)C(C)(C)c1cc(C)ccc1N1B2n2c3ccc(C(C)(C)C)cc3c3cc(C(C)(C)C)cc1c32. The Balaban J connectivity index is 1.68. The first-order valence-electron chi connectivity index (χ1n) is 14.8. The molecule has 3 heteroatoms. The minimum Gasteiger partial charge on any atom is -0.360 e. The van der Waals surface area contributed by atoms with Gasteiger partial charge in [0.05, 0.1) is 11.2 Å².